The fraction of sp³-hybridized carbons (Fsp3) is 0.179. The maximum atomic E-state index is 13.6. The molecule has 0 saturated heterocycles. The molecule has 1 amide bonds. The molecular formula is C28H25N3OS. The number of hydrogen-bond acceptors (Lipinski definition) is 4. The maximum absolute atomic E-state index is 13.6. The van der Waals surface area contributed by atoms with Crippen molar-refractivity contribution in [2.75, 3.05) is 4.90 Å². The lowest BCUT2D eigenvalue weighted by Crippen LogP contribution is -2.31. The topological polar surface area (TPSA) is 46.1 Å². The highest BCUT2D eigenvalue weighted by Gasteiger charge is 2.22. The molecule has 0 fully saturated rings. The van der Waals surface area contributed by atoms with Gasteiger partial charge < -0.3 is 0 Å². The number of fused-ring (bicyclic) bond motifs is 2. The number of aromatic nitrogens is 2. The molecule has 4 nitrogen and oxygen atoms in total. The van der Waals surface area contributed by atoms with E-state index in [-0.39, 0.29) is 5.91 Å². The molecule has 0 spiro atoms. The van der Waals surface area contributed by atoms with Crippen molar-refractivity contribution in [3.63, 3.8) is 0 Å². The number of rotatable bonds is 6. The van der Waals surface area contributed by atoms with Crippen LogP contribution in [0.2, 0.25) is 0 Å². The summed E-state index contributed by atoms with van der Waals surface area (Å²) >= 11 is 1.57. The summed E-state index contributed by atoms with van der Waals surface area (Å²) in [5.74, 6) is 0.392. The quantitative estimate of drug-likeness (QED) is 0.287. The number of pyridine rings is 1. The number of anilines is 1. The number of carbonyl (C=O) groups is 1. The average molecular weight is 452 g/mol. The summed E-state index contributed by atoms with van der Waals surface area (Å²) in [4.78, 5) is 24.6. The van der Waals surface area contributed by atoms with Crippen LogP contribution < -0.4 is 4.90 Å². The van der Waals surface area contributed by atoms with Crippen molar-refractivity contribution in [2.24, 2.45) is 0 Å². The van der Waals surface area contributed by atoms with Gasteiger partial charge in [-0.05, 0) is 45.5 Å². The first-order valence-corrected chi connectivity index (χ1v) is 12.0. The Balaban J connectivity index is 1.51. The van der Waals surface area contributed by atoms with Crippen LogP contribution >= 0.6 is 11.3 Å². The zero-order valence-electron chi connectivity index (χ0n) is 18.7. The Kier molecular flexibility index (Phi) is 5.88. The monoisotopic (exact) mass is 451 g/mol. The minimum atomic E-state index is 0.0271. The zero-order chi connectivity index (χ0) is 22.8. The molecule has 5 aromatic rings. The molecule has 2 aromatic heterocycles. The van der Waals surface area contributed by atoms with Gasteiger partial charge in [0.25, 0.3) is 0 Å². The van der Waals surface area contributed by atoms with E-state index in [1.165, 1.54) is 10.9 Å². The summed E-state index contributed by atoms with van der Waals surface area (Å²) in [6.45, 7) is 4.79. The van der Waals surface area contributed by atoms with Crippen LogP contribution in [0.5, 0.6) is 0 Å². The highest BCUT2D eigenvalue weighted by Crippen LogP contribution is 2.34. The molecule has 5 rings (SSSR count). The highest BCUT2D eigenvalue weighted by molar-refractivity contribution is 7.22. The van der Waals surface area contributed by atoms with Gasteiger partial charge in [-0.3, -0.25) is 14.7 Å². The van der Waals surface area contributed by atoms with Gasteiger partial charge >= 0.3 is 0 Å². The van der Waals surface area contributed by atoms with E-state index in [2.05, 4.69) is 61.3 Å². The molecule has 5 heteroatoms. The van der Waals surface area contributed by atoms with Crippen LogP contribution in [0.25, 0.3) is 21.0 Å². The van der Waals surface area contributed by atoms with E-state index in [1.807, 2.05) is 36.5 Å². The molecule has 0 unspecified atom stereocenters. The molecular weight excluding hydrogens is 426 g/mol. The molecule has 3 aromatic carbocycles. The lowest BCUT2D eigenvalue weighted by atomic mass is 10.0. The molecule has 2 heterocycles. The predicted octanol–water partition coefficient (Wildman–Crippen LogP) is 6.74. The Bertz CT molecular complexity index is 1430. The van der Waals surface area contributed by atoms with Crippen molar-refractivity contribution in [1.29, 1.82) is 0 Å². The van der Waals surface area contributed by atoms with Crippen LogP contribution in [0.3, 0.4) is 0 Å². The predicted molar refractivity (Wildman–Crippen MR) is 137 cm³/mol. The number of carbonyl (C=O) groups excluding carboxylic acids is 1. The first-order valence-electron chi connectivity index (χ1n) is 11.1. The normalized spacial score (nSPS) is 11.4. The molecule has 0 bridgehead atoms. The average Bonchev–Trinajstić information content (AvgIpc) is 3.27. The van der Waals surface area contributed by atoms with Crippen molar-refractivity contribution < 1.29 is 4.79 Å². The van der Waals surface area contributed by atoms with Crippen molar-refractivity contribution in [1.82, 2.24) is 9.97 Å². The molecule has 0 aliphatic carbocycles. The van der Waals surface area contributed by atoms with Crippen molar-refractivity contribution >= 4 is 43.4 Å². The van der Waals surface area contributed by atoms with Crippen molar-refractivity contribution in [3.05, 3.63) is 102 Å². The van der Waals surface area contributed by atoms with Gasteiger partial charge in [-0.1, -0.05) is 85.8 Å². The first kappa shape index (κ1) is 21.3. The Labute approximate surface area is 197 Å². The van der Waals surface area contributed by atoms with E-state index < -0.39 is 0 Å². The fourth-order valence-electron chi connectivity index (χ4n) is 4.09. The molecule has 0 radical (unpaired) electrons. The van der Waals surface area contributed by atoms with E-state index in [0.717, 1.165) is 31.9 Å². The van der Waals surface area contributed by atoms with E-state index in [4.69, 9.17) is 4.98 Å². The Morgan fingerprint density at radius 3 is 2.58 bits per heavy atom. The second-order valence-electron chi connectivity index (χ2n) is 8.54. The van der Waals surface area contributed by atoms with Crippen LogP contribution in [0, 0.1) is 0 Å². The van der Waals surface area contributed by atoms with E-state index in [9.17, 15) is 4.79 Å². The largest absolute Gasteiger partial charge is 0.283 e. The summed E-state index contributed by atoms with van der Waals surface area (Å²) in [5.41, 5.74) is 4.17. The van der Waals surface area contributed by atoms with E-state index in [0.29, 0.717) is 18.9 Å². The summed E-state index contributed by atoms with van der Waals surface area (Å²) in [6, 6.07) is 24.6. The van der Waals surface area contributed by atoms with Crippen molar-refractivity contribution in [2.45, 2.75) is 32.7 Å². The SMILES string of the molecule is CC(C)c1cccc2sc(N(Cc3cccnc3)C(=O)Cc3ccc4ccccc4c3)nc12. The van der Waals surface area contributed by atoms with Crippen LogP contribution in [0.1, 0.15) is 36.5 Å². The second kappa shape index (κ2) is 9.12. The highest BCUT2D eigenvalue weighted by atomic mass is 32.1. The zero-order valence-corrected chi connectivity index (χ0v) is 19.5. The lowest BCUT2D eigenvalue weighted by Gasteiger charge is -2.20. The molecule has 0 atom stereocenters. The third-order valence-electron chi connectivity index (χ3n) is 5.83. The van der Waals surface area contributed by atoms with Crippen LogP contribution in [0.4, 0.5) is 5.13 Å². The number of thiazole rings is 1. The minimum absolute atomic E-state index is 0.0271. The number of amides is 1. The van der Waals surface area contributed by atoms with Gasteiger partial charge in [0.1, 0.15) is 0 Å². The number of nitrogens with zero attached hydrogens (tertiary/aromatic N) is 3. The standard InChI is InChI=1S/C28H25N3OS/c1-19(2)24-10-5-11-25-27(24)30-28(33-25)31(18-21-7-6-14-29-17-21)26(32)16-20-12-13-22-8-3-4-9-23(22)15-20/h3-15,17,19H,16,18H2,1-2H3. The molecule has 0 aliphatic rings. The van der Waals surface area contributed by atoms with E-state index in [1.54, 1.807) is 22.4 Å². The van der Waals surface area contributed by atoms with Crippen LogP contribution in [-0.4, -0.2) is 15.9 Å². The van der Waals surface area contributed by atoms with Gasteiger partial charge in [0.15, 0.2) is 5.13 Å². The van der Waals surface area contributed by atoms with Gasteiger partial charge in [-0.15, -0.1) is 0 Å². The fourth-order valence-corrected chi connectivity index (χ4v) is 5.11. The third-order valence-corrected chi connectivity index (χ3v) is 6.87. The lowest BCUT2D eigenvalue weighted by molar-refractivity contribution is -0.118. The smallest absolute Gasteiger partial charge is 0.233 e. The molecule has 164 valence electrons. The Hall–Kier alpha value is -3.57. The summed E-state index contributed by atoms with van der Waals surface area (Å²) in [5, 5.41) is 3.05. The first-order chi connectivity index (χ1) is 16.1. The van der Waals surface area contributed by atoms with Crippen LogP contribution in [-0.2, 0) is 17.8 Å². The van der Waals surface area contributed by atoms with E-state index >= 15 is 0 Å². The summed E-state index contributed by atoms with van der Waals surface area (Å²) in [7, 11) is 0. The van der Waals surface area contributed by atoms with Gasteiger partial charge in [0, 0.05) is 12.4 Å². The van der Waals surface area contributed by atoms with Gasteiger partial charge in [-0.2, -0.15) is 0 Å². The molecule has 0 saturated carbocycles. The van der Waals surface area contributed by atoms with Crippen LogP contribution in [0.15, 0.2) is 85.2 Å². The maximum Gasteiger partial charge on any atom is 0.233 e. The Morgan fingerprint density at radius 1 is 0.939 bits per heavy atom. The second-order valence-corrected chi connectivity index (χ2v) is 9.55. The molecule has 0 aliphatic heterocycles. The van der Waals surface area contributed by atoms with Gasteiger partial charge in [0.05, 0.1) is 23.2 Å². The number of para-hydroxylation sites is 1. The van der Waals surface area contributed by atoms with Crippen molar-refractivity contribution in [3.8, 4) is 0 Å². The number of hydrogen-bond donors (Lipinski definition) is 0. The molecule has 0 N–H and O–H groups in total. The van der Waals surface area contributed by atoms with Gasteiger partial charge in [0.2, 0.25) is 5.91 Å². The third kappa shape index (κ3) is 4.50. The summed E-state index contributed by atoms with van der Waals surface area (Å²) < 4.78 is 1.10. The minimum Gasteiger partial charge on any atom is -0.283 e. The van der Waals surface area contributed by atoms with Gasteiger partial charge in [-0.25, -0.2) is 4.98 Å². The molecule has 33 heavy (non-hydrogen) atoms. The summed E-state index contributed by atoms with van der Waals surface area (Å²) in [6.07, 6.45) is 3.87. The number of benzene rings is 3. The Morgan fingerprint density at radius 2 is 1.79 bits per heavy atom.